The average molecular weight is 393 g/mol. The number of piperidine rings is 1. The molecule has 1 aromatic heterocycles. The third-order valence-electron chi connectivity index (χ3n) is 4.99. The number of likely N-dealkylation sites (tertiary alicyclic amines) is 1. The summed E-state index contributed by atoms with van der Waals surface area (Å²) in [7, 11) is 0. The van der Waals surface area contributed by atoms with Gasteiger partial charge >= 0.3 is 6.03 Å². The smallest absolute Gasteiger partial charge is 0.319 e. The topological polar surface area (TPSA) is 57.3 Å². The van der Waals surface area contributed by atoms with Crippen LogP contribution in [0.2, 0.25) is 0 Å². The van der Waals surface area contributed by atoms with Crippen molar-refractivity contribution in [2.45, 2.75) is 25.4 Å². The number of urea groups is 1. The van der Waals surface area contributed by atoms with Gasteiger partial charge in [0.05, 0.1) is 0 Å². The van der Waals surface area contributed by atoms with E-state index in [-0.39, 0.29) is 12.1 Å². The van der Waals surface area contributed by atoms with Crippen LogP contribution in [0.15, 0.2) is 66.2 Å². The van der Waals surface area contributed by atoms with E-state index in [1.54, 1.807) is 17.5 Å². The van der Waals surface area contributed by atoms with Crippen LogP contribution < -0.4 is 10.6 Å². The number of rotatable bonds is 5. The van der Waals surface area contributed by atoms with Crippen LogP contribution in [0.4, 0.5) is 10.5 Å². The molecule has 1 fully saturated rings. The molecule has 1 saturated heterocycles. The number of hydrogen-bond donors (Lipinski definition) is 2. The van der Waals surface area contributed by atoms with Crippen LogP contribution in [0.5, 0.6) is 0 Å². The second-order valence-corrected chi connectivity index (χ2v) is 7.94. The molecule has 1 aliphatic heterocycles. The Hall–Kier alpha value is -2.70. The van der Waals surface area contributed by atoms with Gasteiger partial charge in [-0.1, -0.05) is 30.3 Å². The van der Waals surface area contributed by atoms with Gasteiger partial charge in [-0.3, -0.25) is 4.90 Å². The minimum atomic E-state index is -0.136. The summed E-state index contributed by atoms with van der Waals surface area (Å²) >= 11 is 1.60. The summed E-state index contributed by atoms with van der Waals surface area (Å²) in [4.78, 5) is 19.1. The Morgan fingerprint density at radius 3 is 2.50 bits per heavy atom. The van der Waals surface area contributed by atoms with E-state index < -0.39 is 0 Å². The van der Waals surface area contributed by atoms with E-state index in [1.165, 1.54) is 5.56 Å². The zero-order chi connectivity index (χ0) is 19.2. The maximum absolute atomic E-state index is 12.3. The number of nitrogens with zero attached hydrogens (tertiary/aromatic N) is 2. The van der Waals surface area contributed by atoms with Crippen molar-refractivity contribution in [2.24, 2.45) is 0 Å². The summed E-state index contributed by atoms with van der Waals surface area (Å²) in [6.45, 7) is 2.98. The van der Waals surface area contributed by atoms with E-state index in [0.717, 1.165) is 48.7 Å². The Morgan fingerprint density at radius 1 is 1.07 bits per heavy atom. The predicted molar refractivity (Wildman–Crippen MR) is 114 cm³/mol. The summed E-state index contributed by atoms with van der Waals surface area (Å²) in [5, 5.41) is 8.98. The molecular weight excluding hydrogens is 368 g/mol. The van der Waals surface area contributed by atoms with Crippen LogP contribution in [0, 0.1) is 0 Å². The van der Waals surface area contributed by atoms with Gasteiger partial charge in [-0.2, -0.15) is 0 Å². The molecule has 0 saturated carbocycles. The summed E-state index contributed by atoms with van der Waals surface area (Å²) in [6, 6.07) is 18.4. The number of thiazole rings is 1. The first kappa shape index (κ1) is 18.7. The van der Waals surface area contributed by atoms with Crippen LogP contribution >= 0.6 is 11.3 Å². The third kappa shape index (κ3) is 4.97. The zero-order valence-corrected chi connectivity index (χ0v) is 16.5. The molecule has 4 rings (SSSR count). The SMILES string of the molecule is O=C(Nc1ccc(-c2nccs2)cc1)NC1CCN(Cc2ccccc2)CC1. The van der Waals surface area contributed by atoms with Crippen molar-refractivity contribution < 1.29 is 4.79 Å². The van der Waals surface area contributed by atoms with Crippen LogP contribution in [-0.4, -0.2) is 35.0 Å². The second kappa shape index (κ2) is 8.99. The Kier molecular flexibility index (Phi) is 5.99. The van der Waals surface area contributed by atoms with Crippen molar-refractivity contribution in [1.29, 1.82) is 0 Å². The van der Waals surface area contributed by atoms with E-state index >= 15 is 0 Å². The van der Waals surface area contributed by atoms with E-state index in [1.807, 2.05) is 35.7 Å². The number of nitrogens with one attached hydrogen (secondary N) is 2. The predicted octanol–water partition coefficient (Wildman–Crippen LogP) is 4.60. The van der Waals surface area contributed by atoms with E-state index in [4.69, 9.17) is 0 Å². The first-order chi connectivity index (χ1) is 13.8. The zero-order valence-electron chi connectivity index (χ0n) is 15.7. The van der Waals surface area contributed by atoms with Gasteiger partial charge in [0, 0.05) is 48.5 Å². The number of aromatic nitrogens is 1. The lowest BCUT2D eigenvalue weighted by atomic mass is 10.0. The number of anilines is 1. The number of amides is 2. The highest BCUT2D eigenvalue weighted by Crippen LogP contribution is 2.23. The standard InChI is InChI=1S/C22H24N4OS/c27-22(24-19-8-6-18(7-9-19)21-23-12-15-28-21)25-20-10-13-26(14-11-20)16-17-4-2-1-3-5-17/h1-9,12,15,20H,10-11,13-14,16H2,(H2,24,25,27). The fourth-order valence-electron chi connectivity index (χ4n) is 3.49. The molecule has 0 bridgehead atoms. The van der Waals surface area contributed by atoms with E-state index in [0.29, 0.717) is 0 Å². The average Bonchev–Trinajstić information content (AvgIpc) is 3.26. The molecule has 0 spiro atoms. The Morgan fingerprint density at radius 2 is 1.82 bits per heavy atom. The summed E-state index contributed by atoms with van der Waals surface area (Å²) in [5.74, 6) is 0. The Bertz CT molecular complexity index is 873. The van der Waals surface area contributed by atoms with Crippen LogP contribution in [-0.2, 0) is 6.54 Å². The van der Waals surface area contributed by atoms with Crippen LogP contribution in [0.25, 0.3) is 10.6 Å². The van der Waals surface area contributed by atoms with Crippen LogP contribution in [0.3, 0.4) is 0 Å². The summed E-state index contributed by atoms with van der Waals surface area (Å²) < 4.78 is 0. The summed E-state index contributed by atoms with van der Waals surface area (Å²) in [5.41, 5.74) is 3.19. The van der Waals surface area contributed by atoms with Gasteiger partial charge in [-0.05, 0) is 42.7 Å². The first-order valence-corrected chi connectivity index (χ1v) is 10.5. The highest BCUT2D eigenvalue weighted by molar-refractivity contribution is 7.13. The Labute approximate surface area is 169 Å². The monoisotopic (exact) mass is 392 g/mol. The highest BCUT2D eigenvalue weighted by Gasteiger charge is 2.20. The Balaban J connectivity index is 1.22. The fourth-order valence-corrected chi connectivity index (χ4v) is 4.14. The molecule has 0 radical (unpaired) electrons. The fraction of sp³-hybridized carbons (Fsp3) is 0.273. The lowest BCUT2D eigenvalue weighted by molar-refractivity contribution is 0.190. The molecule has 6 heteroatoms. The lowest BCUT2D eigenvalue weighted by Gasteiger charge is -2.32. The van der Waals surface area contributed by atoms with Gasteiger partial charge in [-0.25, -0.2) is 9.78 Å². The molecule has 0 aliphatic carbocycles. The van der Waals surface area contributed by atoms with Crippen molar-refractivity contribution in [3.05, 3.63) is 71.7 Å². The molecule has 0 unspecified atom stereocenters. The van der Waals surface area contributed by atoms with Gasteiger partial charge in [0.15, 0.2) is 0 Å². The van der Waals surface area contributed by atoms with Gasteiger partial charge in [0.2, 0.25) is 0 Å². The molecule has 0 atom stereocenters. The van der Waals surface area contributed by atoms with Crippen molar-refractivity contribution in [1.82, 2.24) is 15.2 Å². The largest absolute Gasteiger partial charge is 0.335 e. The second-order valence-electron chi connectivity index (χ2n) is 7.05. The lowest BCUT2D eigenvalue weighted by Crippen LogP contribution is -2.45. The molecule has 2 N–H and O–H groups in total. The quantitative estimate of drug-likeness (QED) is 0.667. The molecule has 1 aliphatic rings. The number of hydrogen-bond acceptors (Lipinski definition) is 4. The molecule has 3 aromatic rings. The van der Waals surface area contributed by atoms with Crippen molar-refractivity contribution in [2.75, 3.05) is 18.4 Å². The molecule has 2 heterocycles. The molecule has 5 nitrogen and oxygen atoms in total. The maximum Gasteiger partial charge on any atom is 0.319 e. The van der Waals surface area contributed by atoms with Crippen molar-refractivity contribution >= 4 is 23.1 Å². The van der Waals surface area contributed by atoms with Crippen molar-refractivity contribution in [3.8, 4) is 10.6 Å². The molecule has 28 heavy (non-hydrogen) atoms. The molecule has 144 valence electrons. The molecular formula is C22H24N4OS. The minimum absolute atomic E-state index is 0.136. The minimum Gasteiger partial charge on any atom is -0.335 e. The molecule has 2 aromatic carbocycles. The number of benzene rings is 2. The van der Waals surface area contributed by atoms with Gasteiger partial charge < -0.3 is 10.6 Å². The maximum atomic E-state index is 12.3. The van der Waals surface area contributed by atoms with E-state index in [9.17, 15) is 4.79 Å². The highest BCUT2D eigenvalue weighted by atomic mass is 32.1. The van der Waals surface area contributed by atoms with Gasteiger partial charge in [0.1, 0.15) is 5.01 Å². The van der Waals surface area contributed by atoms with Crippen molar-refractivity contribution in [3.63, 3.8) is 0 Å². The van der Waals surface area contributed by atoms with Crippen LogP contribution in [0.1, 0.15) is 18.4 Å². The van der Waals surface area contributed by atoms with Gasteiger partial charge in [0.25, 0.3) is 0 Å². The first-order valence-electron chi connectivity index (χ1n) is 9.60. The molecule has 2 amide bonds. The summed E-state index contributed by atoms with van der Waals surface area (Å²) in [6.07, 6.45) is 3.75. The number of carbonyl (C=O) groups is 1. The third-order valence-corrected chi connectivity index (χ3v) is 5.82. The van der Waals surface area contributed by atoms with E-state index in [2.05, 4.69) is 44.8 Å². The van der Waals surface area contributed by atoms with Gasteiger partial charge in [-0.15, -0.1) is 11.3 Å². The number of carbonyl (C=O) groups excluding carboxylic acids is 1. The normalized spacial score (nSPS) is 15.3.